The molecule has 90 valence electrons. The summed E-state index contributed by atoms with van der Waals surface area (Å²) in [5.74, 6) is -1.05. The first kappa shape index (κ1) is 11.3. The molecule has 0 atom stereocenters. The van der Waals surface area contributed by atoms with E-state index in [1.807, 2.05) is 6.92 Å². The van der Waals surface area contributed by atoms with E-state index in [0.717, 1.165) is 25.1 Å². The van der Waals surface area contributed by atoms with Crippen LogP contribution in [0.1, 0.15) is 30.1 Å². The minimum absolute atomic E-state index is 0.132. The second-order valence-corrected chi connectivity index (χ2v) is 4.34. The van der Waals surface area contributed by atoms with Crippen LogP contribution in [0, 0.1) is 10.1 Å². The Bertz CT molecular complexity index is 496. The van der Waals surface area contributed by atoms with Crippen LogP contribution < -0.4 is 5.32 Å². The monoisotopic (exact) mass is 237 g/mol. The number of hydrogen-bond donors (Lipinski definition) is 2. The number of nitrogens with one attached hydrogen (secondary N) is 1. The lowest BCUT2D eigenvalue weighted by Gasteiger charge is -2.13. The van der Waals surface area contributed by atoms with E-state index in [1.165, 1.54) is 0 Å². The van der Waals surface area contributed by atoms with Gasteiger partial charge in [0.15, 0.2) is 0 Å². The van der Waals surface area contributed by atoms with Crippen molar-refractivity contribution in [1.82, 2.24) is 4.98 Å². The highest BCUT2D eigenvalue weighted by Crippen LogP contribution is 2.38. The normalized spacial score (nSPS) is 16.3. The van der Waals surface area contributed by atoms with Gasteiger partial charge in [0.25, 0.3) is 5.69 Å². The molecule has 2 N–H and O–H groups in total. The van der Waals surface area contributed by atoms with Crippen LogP contribution in [0.5, 0.6) is 0 Å². The van der Waals surface area contributed by atoms with Gasteiger partial charge in [-0.3, -0.25) is 10.1 Å². The summed E-state index contributed by atoms with van der Waals surface area (Å²) in [6.45, 7) is 1.95. The summed E-state index contributed by atoms with van der Waals surface area (Å²) in [5, 5.41) is 22.5. The Hall–Kier alpha value is -2.18. The molecule has 1 aliphatic carbocycles. The van der Waals surface area contributed by atoms with E-state index in [2.05, 4.69) is 10.3 Å². The quantitative estimate of drug-likeness (QED) is 0.609. The Morgan fingerprint density at radius 1 is 1.65 bits per heavy atom. The molecule has 0 saturated heterocycles. The summed E-state index contributed by atoms with van der Waals surface area (Å²) in [6.07, 6.45) is 2.93. The van der Waals surface area contributed by atoms with Gasteiger partial charge < -0.3 is 10.4 Å². The van der Waals surface area contributed by atoms with E-state index in [9.17, 15) is 14.9 Å². The predicted molar refractivity (Wildman–Crippen MR) is 59.1 cm³/mol. The number of nitro groups is 1. The Morgan fingerprint density at radius 2 is 2.29 bits per heavy atom. The van der Waals surface area contributed by atoms with Gasteiger partial charge in [-0.05, 0) is 19.8 Å². The van der Waals surface area contributed by atoms with E-state index in [1.54, 1.807) is 0 Å². The lowest BCUT2D eigenvalue weighted by molar-refractivity contribution is -0.385. The molecule has 0 aliphatic heterocycles. The highest BCUT2D eigenvalue weighted by atomic mass is 16.6. The third kappa shape index (κ3) is 2.32. The zero-order valence-electron chi connectivity index (χ0n) is 9.14. The SMILES string of the molecule is CC1(Nc2ncc([N+](=O)[O-])cc2C(=O)O)CC1. The maximum atomic E-state index is 11.0. The molecule has 7 heteroatoms. The van der Waals surface area contributed by atoms with Gasteiger partial charge in [-0.1, -0.05) is 0 Å². The number of aromatic nitrogens is 1. The first-order valence-corrected chi connectivity index (χ1v) is 5.07. The summed E-state index contributed by atoms with van der Waals surface area (Å²) < 4.78 is 0. The third-order valence-electron chi connectivity index (χ3n) is 2.73. The van der Waals surface area contributed by atoms with E-state index >= 15 is 0 Å². The molecule has 0 amide bonds. The molecule has 0 bridgehead atoms. The molecule has 1 aromatic heterocycles. The van der Waals surface area contributed by atoms with Crippen LogP contribution in [-0.2, 0) is 0 Å². The Morgan fingerprint density at radius 3 is 2.76 bits per heavy atom. The van der Waals surface area contributed by atoms with Gasteiger partial charge in [0, 0.05) is 11.6 Å². The molecule has 0 radical (unpaired) electrons. The fourth-order valence-corrected chi connectivity index (χ4v) is 1.41. The fraction of sp³-hybridized carbons (Fsp3) is 0.400. The molecule has 1 aromatic rings. The minimum atomic E-state index is -1.23. The summed E-state index contributed by atoms with van der Waals surface area (Å²) >= 11 is 0. The standard InChI is InChI=1S/C10H11N3O4/c1-10(2-3-10)12-8-7(9(14)15)4-6(5-11-8)13(16)17/h4-5H,2-3H2,1H3,(H,11,12)(H,14,15). The molecule has 0 aromatic carbocycles. The highest BCUT2D eigenvalue weighted by molar-refractivity contribution is 5.94. The second-order valence-electron chi connectivity index (χ2n) is 4.34. The van der Waals surface area contributed by atoms with Crippen LogP contribution >= 0.6 is 0 Å². The van der Waals surface area contributed by atoms with E-state index in [0.29, 0.717) is 0 Å². The lowest BCUT2D eigenvalue weighted by Crippen LogP contribution is -2.19. The van der Waals surface area contributed by atoms with Gasteiger partial charge in [0.2, 0.25) is 0 Å². The average molecular weight is 237 g/mol. The van der Waals surface area contributed by atoms with Crippen molar-refractivity contribution in [1.29, 1.82) is 0 Å². The van der Waals surface area contributed by atoms with Gasteiger partial charge >= 0.3 is 5.97 Å². The van der Waals surface area contributed by atoms with Crippen molar-refractivity contribution in [3.8, 4) is 0 Å². The Labute approximate surface area is 96.6 Å². The predicted octanol–water partition coefficient (Wildman–Crippen LogP) is 1.65. The maximum Gasteiger partial charge on any atom is 0.339 e. The van der Waals surface area contributed by atoms with Crippen LogP contribution in [0.15, 0.2) is 12.3 Å². The van der Waals surface area contributed by atoms with Crippen LogP contribution in [0.25, 0.3) is 0 Å². The van der Waals surface area contributed by atoms with Gasteiger partial charge in [-0.25, -0.2) is 9.78 Å². The van der Waals surface area contributed by atoms with Crippen LogP contribution in [0.3, 0.4) is 0 Å². The first-order chi connectivity index (χ1) is 7.91. The molecule has 0 spiro atoms. The van der Waals surface area contributed by atoms with E-state index in [4.69, 9.17) is 5.11 Å². The van der Waals surface area contributed by atoms with Crippen molar-refractivity contribution in [3.63, 3.8) is 0 Å². The van der Waals surface area contributed by atoms with Crippen molar-refractivity contribution < 1.29 is 14.8 Å². The zero-order valence-corrected chi connectivity index (χ0v) is 9.14. The number of aromatic carboxylic acids is 1. The van der Waals surface area contributed by atoms with Gasteiger partial charge in [-0.2, -0.15) is 0 Å². The summed E-state index contributed by atoms with van der Waals surface area (Å²) in [7, 11) is 0. The van der Waals surface area contributed by atoms with Crippen molar-refractivity contribution in [2.75, 3.05) is 5.32 Å². The number of rotatable bonds is 4. The number of carboxylic acid groups (broad SMARTS) is 1. The number of carboxylic acids is 1. The lowest BCUT2D eigenvalue weighted by atomic mass is 10.2. The summed E-state index contributed by atoms with van der Waals surface area (Å²) in [4.78, 5) is 24.7. The van der Waals surface area contributed by atoms with E-state index in [-0.39, 0.29) is 22.6 Å². The number of anilines is 1. The second kappa shape index (κ2) is 3.69. The van der Waals surface area contributed by atoms with Gasteiger partial charge in [-0.15, -0.1) is 0 Å². The van der Waals surface area contributed by atoms with Crippen LogP contribution in [-0.4, -0.2) is 26.5 Å². The molecule has 1 heterocycles. The Kier molecular flexibility index (Phi) is 2.45. The maximum absolute atomic E-state index is 11.0. The van der Waals surface area contributed by atoms with Crippen molar-refractivity contribution in [3.05, 3.63) is 27.9 Å². The molecule has 1 fully saturated rings. The topological polar surface area (TPSA) is 105 Å². The smallest absolute Gasteiger partial charge is 0.339 e. The molecular formula is C10H11N3O4. The third-order valence-corrected chi connectivity index (χ3v) is 2.73. The largest absolute Gasteiger partial charge is 0.478 e. The average Bonchev–Trinajstić information content (AvgIpc) is 2.96. The fourth-order valence-electron chi connectivity index (χ4n) is 1.41. The van der Waals surface area contributed by atoms with Crippen LogP contribution in [0.4, 0.5) is 11.5 Å². The van der Waals surface area contributed by atoms with Gasteiger partial charge in [0.05, 0.1) is 4.92 Å². The first-order valence-electron chi connectivity index (χ1n) is 5.07. The number of pyridine rings is 1. The Balaban J connectivity index is 2.37. The highest BCUT2D eigenvalue weighted by Gasteiger charge is 2.38. The molecule has 2 rings (SSSR count). The number of hydrogen-bond acceptors (Lipinski definition) is 5. The van der Waals surface area contributed by atoms with Crippen molar-refractivity contribution in [2.45, 2.75) is 25.3 Å². The molecule has 17 heavy (non-hydrogen) atoms. The molecule has 1 aliphatic rings. The number of carbonyl (C=O) groups is 1. The minimum Gasteiger partial charge on any atom is -0.478 e. The van der Waals surface area contributed by atoms with Gasteiger partial charge in [0.1, 0.15) is 17.6 Å². The summed E-state index contributed by atoms with van der Waals surface area (Å²) in [5.41, 5.74) is -0.630. The molecular weight excluding hydrogens is 226 g/mol. The van der Waals surface area contributed by atoms with Crippen LogP contribution in [0.2, 0.25) is 0 Å². The number of nitrogens with zero attached hydrogens (tertiary/aromatic N) is 2. The zero-order chi connectivity index (χ0) is 12.6. The molecule has 7 nitrogen and oxygen atoms in total. The van der Waals surface area contributed by atoms with Crippen molar-refractivity contribution in [2.24, 2.45) is 0 Å². The molecule has 0 unspecified atom stereocenters. The van der Waals surface area contributed by atoms with E-state index < -0.39 is 10.9 Å². The summed E-state index contributed by atoms with van der Waals surface area (Å²) in [6, 6.07) is 1.02. The molecule has 1 saturated carbocycles. The van der Waals surface area contributed by atoms with Crippen molar-refractivity contribution >= 4 is 17.5 Å².